The van der Waals surface area contributed by atoms with E-state index in [-0.39, 0.29) is 19.0 Å². The smallest absolute Gasteiger partial charge is 0.358 e. The van der Waals surface area contributed by atoms with Crippen LogP contribution in [0.5, 0.6) is 17.2 Å². The number of hydrogen-bond acceptors (Lipinski definition) is 8. The van der Waals surface area contributed by atoms with Gasteiger partial charge in [0.2, 0.25) is 5.78 Å². The van der Waals surface area contributed by atoms with Crippen LogP contribution >= 0.6 is 11.6 Å². The molecule has 0 aliphatic carbocycles. The Morgan fingerprint density at radius 3 is 1.74 bits per heavy atom. The van der Waals surface area contributed by atoms with E-state index in [1.54, 1.807) is 36.4 Å². The molecule has 0 heterocycles. The minimum absolute atomic E-state index is 0.141. The normalized spacial score (nSPS) is 11.9. The number of halogens is 1. The van der Waals surface area contributed by atoms with Gasteiger partial charge in [-0.05, 0) is 69.3 Å². The number of ether oxygens (including phenoxy) is 4. The third kappa shape index (κ3) is 5.96. The molecule has 0 saturated carbocycles. The topological polar surface area (TPSA) is 108 Å². The zero-order valence-electron chi connectivity index (χ0n) is 17.3. The molecule has 1 unspecified atom stereocenters. The van der Waals surface area contributed by atoms with Crippen molar-refractivity contribution in [2.75, 3.05) is 13.2 Å². The molecule has 1 N–H and O–H groups in total. The molecule has 9 heteroatoms. The summed E-state index contributed by atoms with van der Waals surface area (Å²) in [5.41, 5.74) is -3.12. The van der Waals surface area contributed by atoms with Crippen LogP contribution in [0.4, 0.5) is 0 Å². The molecular formula is C22H23ClO8. The summed E-state index contributed by atoms with van der Waals surface area (Å²) in [6.07, 6.45) is -1.36. The van der Waals surface area contributed by atoms with E-state index in [9.17, 15) is 19.5 Å². The van der Waals surface area contributed by atoms with Gasteiger partial charge in [0.25, 0.3) is 0 Å². The van der Waals surface area contributed by atoms with Gasteiger partial charge >= 0.3 is 17.5 Å². The first-order valence-electron chi connectivity index (χ1n) is 9.53. The number of benzene rings is 2. The Hall–Kier alpha value is -3.10. The van der Waals surface area contributed by atoms with Crippen molar-refractivity contribution in [2.45, 2.75) is 32.5 Å². The maximum atomic E-state index is 12.7. The summed E-state index contributed by atoms with van der Waals surface area (Å²) >= 11 is 5.84. The van der Waals surface area contributed by atoms with Crippen molar-refractivity contribution in [1.82, 2.24) is 0 Å². The first-order valence-corrected chi connectivity index (χ1v) is 9.91. The van der Waals surface area contributed by atoms with Crippen molar-refractivity contribution in [3.63, 3.8) is 0 Å². The van der Waals surface area contributed by atoms with Crippen LogP contribution in [-0.2, 0) is 23.9 Å². The fourth-order valence-corrected chi connectivity index (χ4v) is 2.66. The van der Waals surface area contributed by atoms with Crippen LogP contribution in [0.25, 0.3) is 0 Å². The van der Waals surface area contributed by atoms with Crippen molar-refractivity contribution in [2.24, 2.45) is 0 Å². The molecule has 0 spiro atoms. The predicted octanol–water partition coefficient (Wildman–Crippen LogP) is 3.33. The zero-order valence-corrected chi connectivity index (χ0v) is 18.0. The highest BCUT2D eigenvalue weighted by Crippen LogP contribution is 2.26. The van der Waals surface area contributed by atoms with Gasteiger partial charge in [0, 0.05) is 5.02 Å². The quantitative estimate of drug-likeness (QED) is 0.433. The molecule has 2 aromatic carbocycles. The number of carbonyl (C=O) groups excluding carboxylic acids is 3. The molecule has 8 nitrogen and oxygen atoms in total. The van der Waals surface area contributed by atoms with Crippen LogP contribution in [-0.4, -0.2) is 47.7 Å². The van der Waals surface area contributed by atoms with E-state index < -0.39 is 29.4 Å². The van der Waals surface area contributed by atoms with Crippen LogP contribution in [0.15, 0.2) is 48.5 Å². The molecule has 0 fully saturated rings. The standard InChI is InChI=1S/C22H23ClO8/c1-4-28-20(25)22(27,21(26)29-5-2)19(24)14(3)30-16-10-12-18(13-11-16)31-17-8-6-15(23)7-9-17/h6-14,27H,4-5H2,1-3H3. The summed E-state index contributed by atoms with van der Waals surface area (Å²) < 4.78 is 20.5. The summed E-state index contributed by atoms with van der Waals surface area (Å²) in [7, 11) is 0. The van der Waals surface area contributed by atoms with E-state index in [1.807, 2.05) is 0 Å². The predicted molar refractivity (Wildman–Crippen MR) is 111 cm³/mol. The largest absolute Gasteiger partial charge is 0.483 e. The first-order chi connectivity index (χ1) is 14.7. The average molecular weight is 451 g/mol. The van der Waals surface area contributed by atoms with Crippen LogP contribution in [0, 0.1) is 0 Å². The zero-order chi connectivity index (χ0) is 23.0. The molecule has 0 bridgehead atoms. The SMILES string of the molecule is CCOC(=O)C(O)(C(=O)OCC)C(=O)C(C)Oc1ccc(Oc2ccc(Cl)cc2)cc1. The lowest BCUT2D eigenvalue weighted by molar-refractivity contribution is -0.187. The van der Waals surface area contributed by atoms with Gasteiger partial charge in [-0.3, -0.25) is 4.79 Å². The fourth-order valence-electron chi connectivity index (χ4n) is 2.53. The highest BCUT2D eigenvalue weighted by molar-refractivity contribution is 6.30. The fraction of sp³-hybridized carbons (Fsp3) is 0.318. The lowest BCUT2D eigenvalue weighted by Crippen LogP contribution is -2.59. The number of esters is 2. The number of hydrogen-bond donors (Lipinski definition) is 1. The Morgan fingerprint density at radius 2 is 1.29 bits per heavy atom. The lowest BCUT2D eigenvalue weighted by atomic mass is 9.95. The van der Waals surface area contributed by atoms with E-state index in [4.69, 9.17) is 21.1 Å². The second-order valence-electron chi connectivity index (χ2n) is 6.30. The number of ketones is 1. The van der Waals surface area contributed by atoms with Gasteiger partial charge in [0.1, 0.15) is 17.2 Å². The Kier molecular flexibility index (Phi) is 8.41. The molecule has 166 valence electrons. The molecule has 0 aliphatic rings. The average Bonchev–Trinajstić information content (AvgIpc) is 2.75. The Bertz CT molecular complexity index is 890. The third-order valence-corrected chi connectivity index (χ3v) is 4.31. The maximum absolute atomic E-state index is 12.7. The molecule has 0 aliphatic heterocycles. The first kappa shape index (κ1) is 24.2. The maximum Gasteiger partial charge on any atom is 0.358 e. The van der Waals surface area contributed by atoms with Crippen molar-refractivity contribution >= 4 is 29.3 Å². The highest BCUT2D eigenvalue weighted by atomic mass is 35.5. The molecule has 0 amide bonds. The highest BCUT2D eigenvalue weighted by Gasteiger charge is 2.56. The second-order valence-corrected chi connectivity index (χ2v) is 6.74. The van der Waals surface area contributed by atoms with E-state index in [0.29, 0.717) is 16.5 Å². The van der Waals surface area contributed by atoms with Crippen LogP contribution in [0.3, 0.4) is 0 Å². The van der Waals surface area contributed by atoms with Gasteiger partial charge in [-0.15, -0.1) is 0 Å². The van der Waals surface area contributed by atoms with Crippen LogP contribution < -0.4 is 9.47 Å². The van der Waals surface area contributed by atoms with E-state index in [1.165, 1.54) is 32.9 Å². The summed E-state index contributed by atoms with van der Waals surface area (Å²) in [5, 5.41) is 11.1. The number of rotatable bonds is 10. The minimum Gasteiger partial charge on any atom is -0.483 e. The summed E-state index contributed by atoms with van der Waals surface area (Å²) in [6.45, 7) is 3.96. The number of Topliss-reactive ketones (excluding diaryl/α,β-unsaturated/α-hetero) is 1. The lowest BCUT2D eigenvalue weighted by Gasteiger charge is -2.25. The monoisotopic (exact) mass is 450 g/mol. The van der Waals surface area contributed by atoms with Gasteiger partial charge in [-0.1, -0.05) is 11.6 Å². The molecule has 2 rings (SSSR count). The van der Waals surface area contributed by atoms with Crippen molar-refractivity contribution < 1.29 is 38.4 Å². The van der Waals surface area contributed by atoms with Gasteiger partial charge < -0.3 is 24.1 Å². The summed E-state index contributed by atoms with van der Waals surface area (Å²) in [6, 6.07) is 13.1. The van der Waals surface area contributed by atoms with Crippen molar-refractivity contribution in [3.05, 3.63) is 53.6 Å². The Morgan fingerprint density at radius 1 is 0.871 bits per heavy atom. The minimum atomic E-state index is -3.12. The van der Waals surface area contributed by atoms with Gasteiger partial charge in [-0.25, -0.2) is 9.59 Å². The third-order valence-electron chi connectivity index (χ3n) is 4.05. The van der Waals surface area contributed by atoms with Gasteiger partial charge in [0.05, 0.1) is 13.2 Å². The summed E-state index contributed by atoms with van der Waals surface area (Å²) in [5.74, 6) is -2.70. The molecule has 31 heavy (non-hydrogen) atoms. The molecule has 1 atom stereocenters. The Labute approximate surface area is 184 Å². The van der Waals surface area contributed by atoms with E-state index >= 15 is 0 Å². The number of carbonyl (C=O) groups is 3. The molecular weight excluding hydrogens is 428 g/mol. The Balaban J connectivity index is 2.11. The van der Waals surface area contributed by atoms with Crippen LogP contribution in [0.1, 0.15) is 20.8 Å². The van der Waals surface area contributed by atoms with E-state index in [2.05, 4.69) is 9.47 Å². The van der Waals surface area contributed by atoms with Crippen LogP contribution in [0.2, 0.25) is 5.02 Å². The number of aliphatic hydroxyl groups is 1. The van der Waals surface area contributed by atoms with Gasteiger partial charge in [-0.2, -0.15) is 0 Å². The summed E-state index contributed by atoms with van der Waals surface area (Å²) in [4.78, 5) is 37.0. The van der Waals surface area contributed by atoms with Crippen molar-refractivity contribution in [3.8, 4) is 17.2 Å². The molecule has 0 saturated heterocycles. The van der Waals surface area contributed by atoms with E-state index in [0.717, 1.165) is 0 Å². The molecule has 0 radical (unpaired) electrons. The molecule has 2 aromatic rings. The van der Waals surface area contributed by atoms with Gasteiger partial charge in [0.15, 0.2) is 6.10 Å². The van der Waals surface area contributed by atoms with Crippen molar-refractivity contribution in [1.29, 1.82) is 0 Å². The molecule has 0 aromatic heterocycles. The second kappa shape index (κ2) is 10.8.